The van der Waals surface area contributed by atoms with Gasteiger partial charge >= 0.3 is 12.2 Å². The molecule has 0 spiro atoms. The molecule has 6 nitrogen and oxygen atoms in total. The number of rotatable bonds is 4. The maximum atomic E-state index is 13.6. The van der Waals surface area contributed by atoms with Crippen LogP contribution in [0, 0.1) is 5.41 Å². The van der Waals surface area contributed by atoms with Crippen LogP contribution in [0.2, 0.25) is 0 Å². The van der Waals surface area contributed by atoms with Crippen molar-refractivity contribution >= 4 is 11.9 Å². The zero-order valence-corrected chi connectivity index (χ0v) is 24.1. The van der Waals surface area contributed by atoms with Crippen molar-refractivity contribution in [2.75, 3.05) is 32.7 Å². The van der Waals surface area contributed by atoms with Gasteiger partial charge in [0.1, 0.15) is 0 Å². The van der Waals surface area contributed by atoms with Gasteiger partial charge in [0.25, 0.3) is 0 Å². The fourth-order valence-electron chi connectivity index (χ4n) is 6.05. The van der Waals surface area contributed by atoms with Crippen molar-refractivity contribution in [1.82, 2.24) is 20.0 Å². The van der Waals surface area contributed by atoms with E-state index in [0.29, 0.717) is 32.7 Å². The molecule has 4 rings (SSSR count). The van der Waals surface area contributed by atoms with Gasteiger partial charge < -0.3 is 15.1 Å². The number of hydrogen-bond donors (Lipinski definition) is 1. The van der Waals surface area contributed by atoms with Gasteiger partial charge in [-0.3, -0.25) is 9.69 Å². The second-order valence-corrected chi connectivity index (χ2v) is 12.3. The van der Waals surface area contributed by atoms with Crippen LogP contribution in [0.4, 0.5) is 18.0 Å². The van der Waals surface area contributed by atoms with Crippen molar-refractivity contribution in [1.29, 1.82) is 0 Å². The third-order valence-corrected chi connectivity index (χ3v) is 8.65. The second-order valence-electron chi connectivity index (χ2n) is 12.3. The average molecular weight is 559 g/mol. The Morgan fingerprint density at radius 3 is 1.88 bits per heavy atom. The smallest absolute Gasteiger partial charge is 0.343 e. The Labute approximate surface area is 235 Å². The summed E-state index contributed by atoms with van der Waals surface area (Å²) in [5, 5.41) is 3.21. The largest absolute Gasteiger partial charge is 0.416 e. The average Bonchev–Trinajstić information content (AvgIpc) is 2.92. The number of halogens is 3. The molecule has 218 valence electrons. The summed E-state index contributed by atoms with van der Waals surface area (Å²) in [5.74, 6) is 0.0585. The third kappa shape index (κ3) is 6.29. The van der Waals surface area contributed by atoms with Crippen LogP contribution < -0.4 is 5.32 Å². The number of benzene rings is 2. The van der Waals surface area contributed by atoms with Gasteiger partial charge in [0, 0.05) is 45.7 Å². The summed E-state index contributed by atoms with van der Waals surface area (Å²) in [4.78, 5) is 31.3. The van der Waals surface area contributed by atoms with Crippen LogP contribution in [-0.4, -0.2) is 71.4 Å². The Bertz CT molecular complexity index is 1170. The van der Waals surface area contributed by atoms with Crippen LogP contribution in [0.15, 0.2) is 54.6 Å². The number of alkyl halides is 3. The summed E-state index contributed by atoms with van der Waals surface area (Å²) >= 11 is 0. The maximum Gasteiger partial charge on any atom is 0.416 e. The first-order valence-electron chi connectivity index (χ1n) is 14.0. The van der Waals surface area contributed by atoms with Gasteiger partial charge in [-0.1, -0.05) is 63.2 Å². The molecule has 9 heteroatoms. The highest BCUT2D eigenvalue weighted by Crippen LogP contribution is 2.40. The molecule has 2 atom stereocenters. The highest BCUT2D eigenvalue weighted by molar-refractivity contribution is 5.75. The van der Waals surface area contributed by atoms with E-state index in [-0.39, 0.29) is 29.4 Å². The summed E-state index contributed by atoms with van der Waals surface area (Å²) in [6, 6.07) is 15.1. The highest BCUT2D eigenvalue weighted by atomic mass is 19.4. The second kappa shape index (κ2) is 11.4. The summed E-state index contributed by atoms with van der Waals surface area (Å²) in [6.45, 7) is 12.9. The molecular formula is C31H41F3N4O2. The van der Waals surface area contributed by atoms with Gasteiger partial charge in [-0.25, -0.2) is 4.79 Å². The normalized spacial score (nSPS) is 21.1. The van der Waals surface area contributed by atoms with E-state index in [0.717, 1.165) is 36.1 Å². The number of urea groups is 1. The first-order valence-corrected chi connectivity index (χ1v) is 14.0. The molecule has 2 aliphatic rings. The van der Waals surface area contributed by atoms with Crippen molar-refractivity contribution in [3.63, 3.8) is 0 Å². The monoisotopic (exact) mass is 558 g/mol. The minimum atomic E-state index is -4.40. The van der Waals surface area contributed by atoms with Crippen molar-refractivity contribution in [2.24, 2.45) is 5.41 Å². The predicted molar refractivity (Wildman–Crippen MR) is 150 cm³/mol. The van der Waals surface area contributed by atoms with Gasteiger partial charge in [-0.2, -0.15) is 13.2 Å². The zero-order valence-electron chi connectivity index (χ0n) is 24.1. The number of piperazine rings is 1. The van der Waals surface area contributed by atoms with Gasteiger partial charge in [0.05, 0.1) is 17.1 Å². The Kier molecular flexibility index (Phi) is 8.54. The Morgan fingerprint density at radius 1 is 0.800 bits per heavy atom. The molecule has 0 aliphatic carbocycles. The van der Waals surface area contributed by atoms with Crippen molar-refractivity contribution in [3.8, 4) is 0 Å². The van der Waals surface area contributed by atoms with Crippen LogP contribution in [0.1, 0.15) is 64.2 Å². The standard InChI is InChI=1S/C31H41F3N4O2/c1-22(39)36-17-15-26(16-18-36)35-28(40)38-20-19-37(21-27(38)29(2,3)4)30(5,23-9-7-6-8-10-23)24-11-13-25(14-12-24)31(32,33)34/h6-14,26-27H,15-21H2,1-5H3,(H,35,40)/t27-,30?/m1/s1. The van der Waals surface area contributed by atoms with Gasteiger partial charge in [-0.05, 0) is 48.4 Å². The van der Waals surface area contributed by atoms with Crippen LogP contribution >= 0.6 is 0 Å². The summed E-state index contributed by atoms with van der Waals surface area (Å²) < 4.78 is 40.0. The number of carbonyl (C=O) groups excluding carboxylic acids is 2. The van der Waals surface area contributed by atoms with E-state index >= 15 is 0 Å². The summed E-state index contributed by atoms with van der Waals surface area (Å²) in [5.41, 5.74) is 0.143. The Balaban J connectivity index is 1.59. The molecule has 3 amide bonds. The highest BCUT2D eigenvalue weighted by Gasteiger charge is 2.45. The first-order chi connectivity index (χ1) is 18.7. The SMILES string of the molecule is CC(=O)N1CCC(NC(=O)N2CCN(C(C)(c3ccccc3)c3ccc(C(F)(F)F)cc3)C[C@@H]2C(C)(C)C)CC1. The maximum absolute atomic E-state index is 13.6. The molecule has 1 unspecified atom stereocenters. The molecule has 2 aromatic carbocycles. The van der Waals surface area contributed by atoms with Crippen molar-refractivity contribution in [3.05, 3.63) is 71.3 Å². The lowest BCUT2D eigenvalue weighted by Gasteiger charge is -2.53. The lowest BCUT2D eigenvalue weighted by molar-refractivity contribution is -0.137. The fraction of sp³-hybridized carbons (Fsp3) is 0.548. The van der Waals surface area contributed by atoms with E-state index in [9.17, 15) is 22.8 Å². The molecular weight excluding hydrogens is 517 g/mol. The minimum absolute atomic E-state index is 0.0171. The van der Waals surface area contributed by atoms with E-state index in [1.807, 2.05) is 40.1 Å². The van der Waals surface area contributed by atoms with E-state index in [1.165, 1.54) is 0 Å². The molecule has 2 heterocycles. The lowest BCUT2D eigenvalue weighted by Crippen LogP contribution is -2.65. The number of nitrogens with zero attached hydrogens (tertiary/aromatic N) is 3. The quantitative estimate of drug-likeness (QED) is 0.522. The van der Waals surface area contributed by atoms with Crippen LogP contribution in [0.25, 0.3) is 0 Å². The molecule has 0 radical (unpaired) electrons. The van der Waals surface area contributed by atoms with Crippen LogP contribution in [0.3, 0.4) is 0 Å². The van der Waals surface area contributed by atoms with E-state index < -0.39 is 17.3 Å². The third-order valence-electron chi connectivity index (χ3n) is 8.65. The number of nitrogens with one attached hydrogen (secondary N) is 1. The first kappa shape index (κ1) is 29.9. The van der Waals surface area contributed by atoms with Gasteiger partial charge in [0.2, 0.25) is 5.91 Å². The molecule has 2 fully saturated rings. The summed E-state index contributed by atoms with van der Waals surface area (Å²) in [6.07, 6.45) is -2.95. The van der Waals surface area contributed by atoms with E-state index in [4.69, 9.17) is 0 Å². The zero-order chi connectivity index (χ0) is 29.3. The van der Waals surface area contributed by atoms with Crippen LogP contribution in [-0.2, 0) is 16.5 Å². The molecule has 2 saturated heterocycles. The molecule has 0 saturated carbocycles. The molecule has 0 aromatic heterocycles. The van der Waals surface area contributed by atoms with Crippen molar-refractivity contribution in [2.45, 2.75) is 71.3 Å². The number of likely N-dealkylation sites (tertiary alicyclic amines) is 1. The number of piperidine rings is 1. The van der Waals surface area contributed by atoms with E-state index in [1.54, 1.807) is 19.1 Å². The molecule has 2 aliphatic heterocycles. The lowest BCUT2D eigenvalue weighted by atomic mass is 9.78. The Hall–Kier alpha value is -3.07. The summed E-state index contributed by atoms with van der Waals surface area (Å²) in [7, 11) is 0. The molecule has 40 heavy (non-hydrogen) atoms. The number of amides is 3. The molecule has 0 bridgehead atoms. The fourth-order valence-corrected chi connectivity index (χ4v) is 6.05. The van der Waals surface area contributed by atoms with E-state index in [2.05, 4.69) is 37.9 Å². The molecule has 1 N–H and O–H groups in total. The van der Waals surface area contributed by atoms with Crippen LogP contribution in [0.5, 0.6) is 0 Å². The predicted octanol–water partition coefficient (Wildman–Crippen LogP) is 5.72. The minimum Gasteiger partial charge on any atom is -0.343 e. The number of hydrogen-bond acceptors (Lipinski definition) is 3. The number of carbonyl (C=O) groups is 2. The van der Waals surface area contributed by atoms with Crippen molar-refractivity contribution < 1.29 is 22.8 Å². The molecule has 2 aromatic rings. The van der Waals surface area contributed by atoms with Gasteiger partial charge in [-0.15, -0.1) is 0 Å². The van der Waals surface area contributed by atoms with Gasteiger partial charge in [0.15, 0.2) is 0 Å². The Morgan fingerprint density at radius 2 is 1.35 bits per heavy atom. The topological polar surface area (TPSA) is 55.9 Å².